The van der Waals surface area contributed by atoms with E-state index in [2.05, 4.69) is 20.6 Å². The van der Waals surface area contributed by atoms with E-state index in [1.807, 2.05) is 31.7 Å². The maximum atomic E-state index is 14.3. The number of halogens is 4. The van der Waals surface area contributed by atoms with Gasteiger partial charge in [0, 0.05) is 43.0 Å². The third kappa shape index (κ3) is 9.04. The summed E-state index contributed by atoms with van der Waals surface area (Å²) >= 11 is 6.07. The Balaban J connectivity index is 0.00000276. The molecule has 1 fully saturated rings. The predicted octanol–water partition coefficient (Wildman–Crippen LogP) is 4.04. The Labute approximate surface area is 291 Å². The normalized spacial score (nSPS) is 14.6. The zero-order chi connectivity index (χ0) is 36.4. The van der Waals surface area contributed by atoms with Crippen LogP contribution in [0.2, 0.25) is 5.02 Å². The Bertz CT molecular complexity index is 1810. The molecule has 3 aromatic rings. The van der Waals surface area contributed by atoms with Crippen molar-refractivity contribution in [3.05, 3.63) is 86.8 Å². The van der Waals surface area contributed by atoms with Gasteiger partial charge in [-0.05, 0) is 42.7 Å². The number of ether oxygens (including phenoxy) is 1. The number of hydrogen-bond acceptors (Lipinski definition) is 7. The Hall–Kier alpha value is -4.83. The van der Waals surface area contributed by atoms with Crippen molar-refractivity contribution in [3.8, 4) is 0 Å². The fourth-order valence-corrected chi connectivity index (χ4v) is 5.61. The molecule has 0 bridgehead atoms. The largest absolute Gasteiger partial charge is 0.416 e. The summed E-state index contributed by atoms with van der Waals surface area (Å²) in [5, 5.41) is 12.7. The molecule has 2 aliphatic heterocycles. The fraction of sp³-hybridized carbons (Fsp3) is 0.424. The Morgan fingerprint density at radius 1 is 1.14 bits per heavy atom. The number of aromatic nitrogens is 5. The van der Waals surface area contributed by atoms with Crippen LogP contribution >= 0.6 is 11.6 Å². The second-order valence-electron chi connectivity index (χ2n) is 10.9. The molecule has 2 aromatic heterocycles. The minimum atomic E-state index is -4.61. The van der Waals surface area contributed by atoms with E-state index < -0.39 is 29.8 Å². The van der Waals surface area contributed by atoms with E-state index in [0.29, 0.717) is 69.4 Å². The molecule has 13 nitrogen and oxygen atoms in total. The van der Waals surface area contributed by atoms with Crippen molar-refractivity contribution in [3.63, 3.8) is 0 Å². The van der Waals surface area contributed by atoms with Gasteiger partial charge in [-0.25, -0.2) is 4.68 Å². The van der Waals surface area contributed by atoms with Crippen LogP contribution in [0.5, 0.6) is 0 Å². The lowest BCUT2D eigenvalue weighted by molar-refractivity contribution is -0.886. The number of rotatable bonds is 8. The van der Waals surface area contributed by atoms with Crippen molar-refractivity contribution in [2.75, 3.05) is 56.7 Å². The first-order valence-electron chi connectivity index (χ1n) is 16.2. The Kier molecular flexibility index (Phi) is 13.1. The van der Waals surface area contributed by atoms with Crippen LogP contribution in [0.3, 0.4) is 0 Å². The molecule has 0 unspecified atom stereocenters. The first kappa shape index (κ1) is 38.0. The molecule has 0 saturated carbocycles. The smallest absolute Gasteiger partial charge is 0.377 e. The lowest BCUT2D eigenvalue weighted by Gasteiger charge is -2.35. The van der Waals surface area contributed by atoms with E-state index in [1.165, 1.54) is 11.8 Å². The van der Waals surface area contributed by atoms with Gasteiger partial charge in [-0.1, -0.05) is 38.4 Å². The van der Waals surface area contributed by atoms with Gasteiger partial charge in [-0.15, -0.1) is 0 Å². The van der Waals surface area contributed by atoms with E-state index in [0.717, 1.165) is 28.5 Å². The molecule has 4 heterocycles. The van der Waals surface area contributed by atoms with E-state index >= 15 is 0 Å². The highest BCUT2D eigenvalue weighted by Crippen LogP contribution is 2.33. The number of carbonyl (C=O) groups is 2. The third-order valence-corrected chi connectivity index (χ3v) is 8.21. The van der Waals surface area contributed by atoms with Crippen LogP contribution in [0.4, 0.5) is 24.5 Å². The highest BCUT2D eigenvalue weighted by molar-refractivity contribution is 6.33. The van der Waals surface area contributed by atoms with Crippen molar-refractivity contribution in [2.45, 2.75) is 46.3 Å². The van der Waals surface area contributed by atoms with Gasteiger partial charge >= 0.3 is 17.8 Å². The number of nitrogens with zero attached hydrogens (tertiary/aromatic N) is 5. The highest BCUT2D eigenvalue weighted by atomic mass is 35.5. The second-order valence-corrected chi connectivity index (χ2v) is 11.3. The van der Waals surface area contributed by atoms with Gasteiger partial charge < -0.3 is 19.9 Å². The zero-order valence-electron chi connectivity index (χ0n) is 28.3. The van der Waals surface area contributed by atoms with E-state index in [4.69, 9.17) is 21.2 Å². The number of amides is 2. The van der Waals surface area contributed by atoms with Crippen molar-refractivity contribution >= 4 is 40.4 Å². The summed E-state index contributed by atoms with van der Waals surface area (Å²) in [5.74, 6) is -0.639. The number of aromatic amines is 2. The maximum absolute atomic E-state index is 14.3. The minimum absolute atomic E-state index is 0.0455. The van der Waals surface area contributed by atoms with Gasteiger partial charge in [-0.2, -0.15) is 18.3 Å². The second kappa shape index (κ2) is 17.2. The van der Waals surface area contributed by atoms with Gasteiger partial charge in [0.15, 0.2) is 5.82 Å². The summed E-state index contributed by atoms with van der Waals surface area (Å²) in [4.78, 5) is 49.7. The monoisotopic (exact) mass is 721 g/mol. The number of hydrogen-bond donors (Lipinski definition) is 3. The van der Waals surface area contributed by atoms with Gasteiger partial charge in [0.05, 0.1) is 35.2 Å². The Morgan fingerprint density at radius 3 is 2.50 bits per heavy atom. The molecule has 0 radical (unpaired) electrons. The number of alkyl halides is 3. The number of carbonyl (C=O) groups excluding carboxylic acids is 2. The van der Waals surface area contributed by atoms with Crippen molar-refractivity contribution in [1.82, 2.24) is 24.9 Å². The average molecular weight is 722 g/mol. The maximum Gasteiger partial charge on any atom is 0.416 e. The van der Waals surface area contributed by atoms with Crippen LogP contribution in [0.25, 0.3) is 5.57 Å². The summed E-state index contributed by atoms with van der Waals surface area (Å²) in [6.45, 7) is 7.30. The summed E-state index contributed by atoms with van der Waals surface area (Å²) in [5.41, 5.74) is 0.316. The van der Waals surface area contributed by atoms with Crippen molar-refractivity contribution in [2.24, 2.45) is 0 Å². The molecule has 2 aliphatic rings. The van der Waals surface area contributed by atoms with E-state index in [1.54, 1.807) is 29.3 Å². The minimum Gasteiger partial charge on any atom is -0.377 e. The molecular formula is C33H41ClF3N8O5+. The lowest BCUT2D eigenvalue weighted by Crippen LogP contribution is -2.54. The molecule has 0 aliphatic carbocycles. The number of anilines is 2. The van der Waals surface area contributed by atoms with Crippen LogP contribution in [0, 0.1) is 0 Å². The van der Waals surface area contributed by atoms with Crippen LogP contribution in [0.15, 0.2) is 53.5 Å². The number of H-pyrrole nitrogens is 2. The molecule has 0 spiro atoms. The van der Waals surface area contributed by atoms with Crippen LogP contribution in [-0.2, 0) is 28.7 Å². The first-order chi connectivity index (χ1) is 24.0. The predicted molar refractivity (Wildman–Crippen MR) is 181 cm³/mol. The topological polar surface area (TPSA) is 141 Å². The lowest BCUT2D eigenvalue weighted by atomic mass is 10.1. The molecule has 1 saturated heterocycles. The zero-order valence-corrected chi connectivity index (χ0v) is 29.0. The number of benzene rings is 1. The molecule has 50 heavy (non-hydrogen) atoms. The number of pyridine rings is 1. The van der Waals surface area contributed by atoms with Gasteiger partial charge in [0.2, 0.25) is 12.1 Å². The molecular weight excluding hydrogens is 681 g/mol. The molecule has 17 heteroatoms. The van der Waals surface area contributed by atoms with Crippen molar-refractivity contribution in [1.29, 1.82) is 0 Å². The quantitative estimate of drug-likeness (QED) is 0.299. The summed E-state index contributed by atoms with van der Waals surface area (Å²) in [6.07, 6.45) is -0.272. The van der Waals surface area contributed by atoms with Crippen LogP contribution in [-0.4, -0.2) is 83.2 Å². The average Bonchev–Trinajstić information content (AvgIpc) is 3.12. The number of aryl methyl sites for hydroxylation is 1. The number of nitrogens with one attached hydrogen (secondary N) is 3. The molecule has 3 N–H and O–H groups in total. The standard InChI is InChI=1S/C31H34ClF3N8O5.C2H6/c1-3-23-27(40-12-14-41(15-13-40)29(45)25-6-4-5-11-43(25)47-2)30(46)42(39-28(38-37-23)20-9-16-48-17-10-20)19-26(44)36-24-8-7-21(18-22(24)32)31(33,34)35;1-2/h4-9,11,18H,3,10,12-17,19H2,1-2H3,(H2,36,44,45);1-2H3/p+1. The first-order valence-corrected chi connectivity index (χ1v) is 16.6. The molecule has 270 valence electrons. The van der Waals surface area contributed by atoms with E-state index in [-0.39, 0.29) is 22.3 Å². The van der Waals surface area contributed by atoms with Crippen LogP contribution < -0.4 is 25.3 Å². The third-order valence-electron chi connectivity index (χ3n) is 7.89. The van der Waals surface area contributed by atoms with Gasteiger partial charge in [-0.3, -0.25) is 29.4 Å². The molecule has 5 rings (SSSR count). The summed E-state index contributed by atoms with van der Waals surface area (Å²) < 4.78 is 47.3. The summed E-state index contributed by atoms with van der Waals surface area (Å²) in [7, 11) is 1.46. The highest BCUT2D eigenvalue weighted by Gasteiger charge is 2.32. The molecule has 1 aromatic carbocycles. The fourth-order valence-electron chi connectivity index (χ4n) is 5.38. The molecule has 2 amide bonds. The van der Waals surface area contributed by atoms with E-state index in [9.17, 15) is 27.6 Å². The van der Waals surface area contributed by atoms with Gasteiger partial charge in [0.1, 0.15) is 19.3 Å². The summed E-state index contributed by atoms with van der Waals surface area (Å²) in [6, 6.07) is 7.73. The number of piperazine rings is 1. The van der Waals surface area contributed by atoms with Crippen molar-refractivity contribution < 1.29 is 37.1 Å². The molecule has 0 atom stereocenters. The SMILES string of the molecule is CC.CCc1[nH]nc(C2=CCOCC2)[nH]n(CC(=O)Nc2ccc(C(F)(F)F)cc2Cl)c(=O)c1N1CCN(C(=O)c2cccc[n+]2OC)CC1. The van der Waals surface area contributed by atoms with Gasteiger partial charge in [0.25, 0.3) is 5.56 Å². The Morgan fingerprint density at radius 2 is 1.88 bits per heavy atom. The van der Waals surface area contributed by atoms with Crippen LogP contribution in [0.1, 0.15) is 54.8 Å².